The molecule has 0 aliphatic heterocycles. The Morgan fingerprint density at radius 1 is 1.10 bits per heavy atom. The Hall–Kier alpha value is -1.15. The minimum Gasteiger partial charge on any atom is -0.374 e. The van der Waals surface area contributed by atoms with Gasteiger partial charge in [-0.15, -0.1) is 6.58 Å². The zero-order chi connectivity index (χ0) is 20.2. The van der Waals surface area contributed by atoms with Gasteiger partial charge >= 0.3 is 0 Å². The summed E-state index contributed by atoms with van der Waals surface area (Å²) >= 11 is 0. The topological polar surface area (TPSA) is 9.23 Å². The van der Waals surface area contributed by atoms with Crippen LogP contribution in [-0.4, -0.2) is 12.7 Å². The van der Waals surface area contributed by atoms with Crippen LogP contribution < -0.4 is 0 Å². The molecule has 0 N–H and O–H groups in total. The maximum atomic E-state index is 15.1. The molecule has 0 amide bonds. The molecule has 29 heavy (non-hydrogen) atoms. The Kier molecular flexibility index (Phi) is 7.11. The van der Waals surface area contributed by atoms with Crippen LogP contribution in [0.4, 0.5) is 4.39 Å². The first kappa shape index (κ1) is 21.1. The van der Waals surface area contributed by atoms with Gasteiger partial charge in [-0.2, -0.15) is 0 Å². The molecule has 0 bridgehead atoms. The Bertz CT molecular complexity index is 696. The summed E-state index contributed by atoms with van der Waals surface area (Å²) in [6.45, 7) is 6.70. The molecule has 3 aliphatic rings. The second kappa shape index (κ2) is 9.77. The minimum absolute atomic E-state index is 0.0855. The fourth-order valence-electron chi connectivity index (χ4n) is 6.40. The molecular formula is C27H39FO. The van der Waals surface area contributed by atoms with Crippen molar-refractivity contribution in [3.8, 4) is 0 Å². The molecule has 2 heteroatoms. The first-order chi connectivity index (χ1) is 14.2. The minimum atomic E-state index is 0.0855. The number of aryl methyl sites for hydroxylation is 1. The van der Waals surface area contributed by atoms with Gasteiger partial charge < -0.3 is 4.74 Å². The Morgan fingerprint density at radius 2 is 1.93 bits per heavy atom. The summed E-state index contributed by atoms with van der Waals surface area (Å²) in [7, 11) is 0. The van der Waals surface area contributed by atoms with E-state index in [1.165, 1.54) is 75.3 Å². The highest BCUT2D eigenvalue weighted by Crippen LogP contribution is 2.47. The van der Waals surface area contributed by atoms with Gasteiger partial charge in [-0.05, 0) is 104 Å². The van der Waals surface area contributed by atoms with Crippen LogP contribution in [0.5, 0.6) is 0 Å². The molecule has 0 aromatic heterocycles. The second-order valence-electron chi connectivity index (χ2n) is 9.98. The van der Waals surface area contributed by atoms with Gasteiger partial charge in [0.2, 0.25) is 0 Å². The summed E-state index contributed by atoms with van der Waals surface area (Å²) < 4.78 is 21.0. The molecule has 0 spiro atoms. The van der Waals surface area contributed by atoms with Crippen molar-refractivity contribution in [1.29, 1.82) is 0 Å². The SMILES string of the molecule is C=CCOC1CCC2CC(c3cc(F)c4c(c3)CCC(CCCC)C4)CCC2C1. The lowest BCUT2D eigenvalue weighted by atomic mass is 9.65. The second-order valence-corrected chi connectivity index (χ2v) is 9.98. The molecule has 5 unspecified atom stereocenters. The average Bonchev–Trinajstić information content (AvgIpc) is 2.75. The zero-order valence-corrected chi connectivity index (χ0v) is 18.3. The molecule has 2 saturated carbocycles. The monoisotopic (exact) mass is 398 g/mol. The van der Waals surface area contributed by atoms with Gasteiger partial charge in [-0.3, -0.25) is 0 Å². The van der Waals surface area contributed by atoms with Crippen molar-refractivity contribution in [3.63, 3.8) is 0 Å². The van der Waals surface area contributed by atoms with E-state index in [4.69, 9.17) is 4.74 Å². The third-order valence-corrected chi connectivity index (χ3v) is 8.08. The predicted octanol–water partition coefficient (Wildman–Crippen LogP) is 7.38. The first-order valence-electron chi connectivity index (χ1n) is 12.2. The molecule has 4 rings (SSSR count). The highest BCUT2D eigenvalue weighted by atomic mass is 19.1. The zero-order valence-electron chi connectivity index (χ0n) is 18.3. The van der Waals surface area contributed by atoms with Crippen molar-refractivity contribution in [1.82, 2.24) is 0 Å². The van der Waals surface area contributed by atoms with Crippen molar-refractivity contribution < 1.29 is 9.13 Å². The largest absolute Gasteiger partial charge is 0.374 e. The van der Waals surface area contributed by atoms with Crippen molar-refractivity contribution in [2.45, 2.75) is 96.0 Å². The Balaban J connectivity index is 1.39. The molecule has 2 fully saturated rings. The third kappa shape index (κ3) is 4.95. The lowest BCUT2D eigenvalue weighted by molar-refractivity contribution is -0.00311. The van der Waals surface area contributed by atoms with Gasteiger partial charge in [0, 0.05) is 0 Å². The van der Waals surface area contributed by atoms with Crippen LogP contribution in [0.1, 0.15) is 93.7 Å². The molecule has 1 aromatic carbocycles. The van der Waals surface area contributed by atoms with Gasteiger partial charge in [0.15, 0.2) is 0 Å². The van der Waals surface area contributed by atoms with Gasteiger partial charge in [0.05, 0.1) is 12.7 Å². The molecule has 0 saturated heterocycles. The van der Waals surface area contributed by atoms with E-state index in [0.29, 0.717) is 24.5 Å². The van der Waals surface area contributed by atoms with Crippen LogP contribution >= 0.6 is 0 Å². The average molecular weight is 399 g/mol. The van der Waals surface area contributed by atoms with Gasteiger partial charge in [-0.1, -0.05) is 38.3 Å². The predicted molar refractivity (Wildman–Crippen MR) is 119 cm³/mol. The van der Waals surface area contributed by atoms with Gasteiger partial charge in [-0.25, -0.2) is 4.39 Å². The van der Waals surface area contributed by atoms with Crippen molar-refractivity contribution in [2.24, 2.45) is 17.8 Å². The van der Waals surface area contributed by atoms with E-state index in [9.17, 15) is 0 Å². The molecule has 160 valence electrons. The van der Waals surface area contributed by atoms with E-state index in [-0.39, 0.29) is 5.82 Å². The number of halogens is 1. The first-order valence-corrected chi connectivity index (χ1v) is 12.2. The summed E-state index contributed by atoms with van der Waals surface area (Å²) in [5.74, 6) is 2.94. The maximum absolute atomic E-state index is 15.1. The maximum Gasteiger partial charge on any atom is 0.126 e. The van der Waals surface area contributed by atoms with Crippen LogP contribution in [0, 0.1) is 23.6 Å². The van der Waals surface area contributed by atoms with Crippen LogP contribution in [-0.2, 0) is 17.6 Å². The fraction of sp³-hybridized carbons (Fsp3) is 0.704. The molecule has 0 radical (unpaired) electrons. The number of hydrogen-bond donors (Lipinski definition) is 0. The summed E-state index contributed by atoms with van der Waals surface area (Å²) in [4.78, 5) is 0. The van der Waals surface area contributed by atoms with Crippen molar-refractivity contribution in [3.05, 3.63) is 47.3 Å². The summed E-state index contributed by atoms with van der Waals surface area (Å²) in [6.07, 6.45) is 16.8. The molecule has 1 nitrogen and oxygen atoms in total. The smallest absolute Gasteiger partial charge is 0.126 e. The number of unbranched alkanes of at least 4 members (excludes halogenated alkanes) is 1. The van der Waals surface area contributed by atoms with Gasteiger partial charge in [0.1, 0.15) is 5.82 Å². The molecule has 5 atom stereocenters. The van der Waals surface area contributed by atoms with Crippen molar-refractivity contribution >= 4 is 0 Å². The van der Waals surface area contributed by atoms with Crippen molar-refractivity contribution in [2.75, 3.05) is 6.61 Å². The highest BCUT2D eigenvalue weighted by Gasteiger charge is 2.36. The highest BCUT2D eigenvalue weighted by molar-refractivity contribution is 5.37. The molecular weight excluding hydrogens is 359 g/mol. The Labute approximate surface area is 177 Å². The number of fused-ring (bicyclic) bond motifs is 2. The van der Waals surface area contributed by atoms with E-state index >= 15 is 4.39 Å². The number of hydrogen-bond acceptors (Lipinski definition) is 1. The van der Waals surface area contributed by atoms with E-state index in [1.807, 2.05) is 12.1 Å². The quantitative estimate of drug-likeness (QED) is 0.435. The van der Waals surface area contributed by atoms with Crippen LogP contribution in [0.3, 0.4) is 0 Å². The van der Waals surface area contributed by atoms with E-state index < -0.39 is 0 Å². The van der Waals surface area contributed by atoms with Gasteiger partial charge in [0.25, 0.3) is 0 Å². The molecule has 1 aromatic rings. The summed E-state index contributed by atoms with van der Waals surface area (Å²) in [6, 6.07) is 4.29. The van der Waals surface area contributed by atoms with E-state index in [0.717, 1.165) is 30.2 Å². The molecule has 0 heterocycles. The lowest BCUT2D eigenvalue weighted by Crippen LogP contribution is -2.34. The standard InChI is InChI=1S/C27H39FO/c1-3-5-6-19-7-8-23-16-24(18-27(28)26(23)14-19)21-9-10-22-17-25(29-13-4-2)12-11-20(22)15-21/h4,16,18-22,25H,2-3,5-15,17H2,1H3. The van der Waals surface area contributed by atoms with Crippen LogP contribution in [0.25, 0.3) is 0 Å². The number of rotatable bonds is 7. The van der Waals surface area contributed by atoms with E-state index in [1.54, 1.807) is 0 Å². The van der Waals surface area contributed by atoms with Crippen LogP contribution in [0.15, 0.2) is 24.8 Å². The lowest BCUT2D eigenvalue weighted by Gasteiger charge is -2.42. The Morgan fingerprint density at radius 3 is 2.76 bits per heavy atom. The number of ether oxygens (including phenoxy) is 1. The third-order valence-electron chi connectivity index (χ3n) is 8.08. The number of benzene rings is 1. The fourth-order valence-corrected chi connectivity index (χ4v) is 6.40. The summed E-state index contributed by atoms with van der Waals surface area (Å²) in [5.41, 5.74) is 3.64. The van der Waals surface area contributed by atoms with Crippen LogP contribution in [0.2, 0.25) is 0 Å². The molecule has 3 aliphatic carbocycles. The summed E-state index contributed by atoms with van der Waals surface area (Å²) in [5, 5.41) is 0. The normalized spacial score (nSPS) is 31.7. The van der Waals surface area contributed by atoms with E-state index in [2.05, 4.69) is 19.6 Å².